The van der Waals surface area contributed by atoms with Crippen LogP contribution in [0.4, 0.5) is 0 Å². The normalized spacial score (nSPS) is 11.5. The summed E-state index contributed by atoms with van der Waals surface area (Å²) in [5.41, 5.74) is 5.64. The second-order valence-electron chi connectivity index (χ2n) is 4.23. The molecule has 0 aliphatic heterocycles. The van der Waals surface area contributed by atoms with Crippen molar-refractivity contribution in [2.24, 2.45) is 11.1 Å². The molecular weight excluding hydrogens is 322 g/mol. The summed E-state index contributed by atoms with van der Waals surface area (Å²) < 4.78 is 7.68. The van der Waals surface area contributed by atoms with Crippen molar-refractivity contribution in [3.8, 4) is 5.75 Å². The number of nitrogens with two attached hydrogens (primary N) is 1. The van der Waals surface area contributed by atoms with Crippen molar-refractivity contribution in [2.45, 2.75) is 13.8 Å². The standard InChI is InChI=1S/C11H15Br2NO/c1-11(2,6-14)7-15-10-4-3-8(12)5-9(10)13/h3-5H,6-7,14H2,1-2H3. The van der Waals surface area contributed by atoms with E-state index in [0.29, 0.717) is 13.2 Å². The quantitative estimate of drug-likeness (QED) is 0.912. The molecule has 1 aromatic rings. The van der Waals surface area contributed by atoms with Gasteiger partial charge < -0.3 is 10.5 Å². The van der Waals surface area contributed by atoms with Crippen molar-refractivity contribution >= 4 is 31.9 Å². The van der Waals surface area contributed by atoms with Crippen molar-refractivity contribution in [1.29, 1.82) is 0 Å². The van der Waals surface area contributed by atoms with Crippen LogP contribution in [0.5, 0.6) is 5.75 Å². The minimum atomic E-state index is 0.00646. The molecule has 0 aromatic heterocycles. The van der Waals surface area contributed by atoms with Crippen LogP contribution in [-0.2, 0) is 0 Å². The number of ether oxygens (including phenoxy) is 1. The minimum Gasteiger partial charge on any atom is -0.492 e. The van der Waals surface area contributed by atoms with Crippen LogP contribution in [0.3, 0.4) is 0 Å². The zero-order valence-corrected chi connectivity index (χ0v) is 12.1. The van der Waals surface area contributed by atoms with Crippen LogP contribution in [-0.4, -0.2) is 13.2 Å². The summed E-state index contributed by atoms with van der Waals surface area (Å²) in [5, 5.41) is 0. The third kappa shape index (κ3) is 4.13. The van der Waals surface area contributed by atoms with E-state index in [9.17, 15) is 0 Å². The van der Waals surface area contributed by atoms with E-state index in [-0.39, 0.29) is 5.41 Å². The van der Waals surface area contributed by atoms with E-state index in [1.807, 2.05) is 18.2 Å². The van der Waals surface area contributed by atoms with Crippen molar-refractivity contribution < 1.29 is 4.74 Å². The van der Waals surface area contributed by atoms with E-state index in [0.717, 1.165) is 14.7 Å². The maximum atomic E-state index is 5.70. The Labute approximate surface area is 107 Å². The van der Waals surface area contributed by atoms with Gasteiger partial charge in [0.1, 0.15) is 5.75 Å². The molecule has 4 heteroatoms. The van der Waals surface area contributed by atoms with Gasteiger partial charge in [0, 0.05) is 16.4 Å². The van der Waals surface area contributed by atoms with Gasteiger partial charge in [-0.15, -0.1) is 0 Å². The SMILES string of the molecule is CC(C)(CN)COc1ccc(Br)cc1Br. The fraction of sp³-hybridized carbons (Fsp3) is 0.455. The lowest BCUT2D eigenvalue weighted by molar-refractivity contribution is 0.186. The third-order valence-corrected chi connectivity index (χ3v) is 3.18. The molecule has 0 saturated heterocycles. The summed E-state index contributed by atoms with van der Waals surface area (Å²) in [6.45, 7) is 5.39. The number of halogens is 2. The average molecular weight is 337 g/mol. The van der Waals surface area contributed by atoms with Crippen molar-refractivity contribution in [2.75, 3.05) is 13.2 Å². The van der Waals surface area contributed by atoms with Crippen LogP contribution in [0.2, 0.25) is 0 Å². The van der Waals surface area contributed by atoms with E-state index < -0.39 is 0 Å². The zero-order valence-electron chi connectivity index (χ0n) is 8.89. The number of benzene rings is 1. The predicted octanol–water partition coefficient (Wildman–Crippen LogP) is 3.58. The van der Waals surface area contributed by atoms with Gasteiger partial charge in [0.05, 0.1) is 11.1 Å². The van der Waals surface area contributed by atoms with Crippen molar-refractivity contribution in [1.82, 2.24) is 0 Å². The van der Waals surface area contributed by atoms with E-state index in [1.165, 1.54) is 0 Å². The first-order chi connectivity index (χ1) is 6.94. The lowest BCUT2D eigenvalue weighted by atomic mass is 9.95. The van der Waals surface area contributed by atoms with Gasteiger partial charge in [-0.1, -0.05) is 29.8 Å². The first-order valence-corrected chi connectivity index (χ1v) is 6.31. The molecule has 0 fully saturated rings. The van der Waals surface area contributed by atoms with Gasteiger partial charge >= 0.3 is 0 Å². The maximum absolute atomic E-state index is 5.70. The first-order valence-electron chi connectivity index (χ1n) is 4.72. The minimum absolute atomic E-state index is 0.00646. The molecule has 0 spiro atoms. The Morgan fingerprint density at radius 2 is 2.00 bits per heavy atom. The Morgan fingerprint density at radius 3 is 2.53 bits per heavy atom. The zero-order chi connectivity index (χ0) is 11.5. The highest BCUT2D eigenvalue weighted by Gasteiger charge is 2.17. The molecule has 0 radical (unpaired) electrons. The second kappa shape index (κ2) is 5.32. The van der Waals surface area contributed by atoms with Crippen molar-refractivity contribution in [3.05, 3.63) is 27.1 Å². The topological polar surface area (TPSA) is 35.2 Å². The molecule has 15 heavy (non-hydrogen) atoms. The Kier molecular flexibility index (Phi) is 4.62. The van der Waals surface area contributed by atoms with E-state index >= 15 is 0 Å². The van der Waals surface area contributed by atoms with Crippen LogP contribution < -0.4 is 10.5 Å². The van der Waals surface area contributed by atoms with E-state index in [1.54, 1.807) is 0 Å². The molecule has 1 rings (SSSR count). The average Bonchev–Trinajstić information content (AvgIpc) is 2.16. The van der Waals surface area contributed by atoms with Gasteiger partial charge in [-0.25, -0.2) is 0 Å². The number of hydrogen-bond donors (Lipinski definition) is 1. The molecule has 1 aromatic carbocycles. The molecular formula is C11H15Br2NO. The molecule has 0 atom stereocenters. The molecule has 0 unspecified atom stereocenters. The Bertz CT molecular complexity index is 339. The molecule has 2 N–H and O–H groups in total. The highest BCUT2D eigenvalue weighted by Crippen LogP contribution is 2.29. The first kappa shape index (κ1) is 13.0. The summed E-state index contributed by atoms with van der Waals surface area (Å²) in [4.78, 5) is 0. The molecule has 0 saturated carbocycles. The Morgan fingerprint density at radius 1 is 1.33 bits per heavy atom. The van der Waals surface area contributed by atoms with Crippen molar-refractivity contribution in [3.63, 3.8) is 0 Å². The van der Waals surface area contributed by atoms with Crippen LogP contribution in [0, 0.1) is 5.41 Å². The van der Waals surface area contributed by atoms with Crippen LogP contribution in [0.25, 0.3) is 0 Å². The monoisotopic (exact) mass is 335 g/mol. The summed E-state index contributed by atoms with van der Waals surface area (Å²) in [5.74, 6) is 0.847. The maximum Gasteiger partial charge on any atom is 0.133 e. The van der Waals surface area contributed by atoms with Gasteiger partial charge in [-0.2, -0.15) is 0 Å². The van der Waals surface area contributed by atoms with Gasteiger partial charge in [0.2, 0.25) is 0 Å². The summed E-state index contributed by atoms with van der Waals surface area (Å²) in [6.07, 6.45) is 0. The predicted molar refractivity (Wildman–Crippen MR) is 70.2 cm³/mol. The Hall–Kier alpha value is -0.0600. The summed E-state index contributed by atoms with van der Waals surface area (Å²) in [7, 11) is 0. The lowest BCUT2D eigenvalue weighted by Crippen LogP contribution is -2.30. The third-order valence-electron chi connectivity index (χ3n) is 2.06. The number of rotatable bonds is 4. The van der Waals surface area contributed by atoms with Crippen LogP contribution in [0.15, 0.2) is 27.1 Å². The van der Waals surface area contributed by atoms with Crippen LogP contribution in [0.1, 0.15) is 13.8 Å². The molecule has 84 valence electrons. The largest absolute Gasteiger partial charge is 0.492 e. The molecule has 0 bridgehead atoms. The Balaban J connectivity index is 2.66. The van der Waals surface area contributed by atoms with E-state index in [2.05, 4.69) is 45.7 Å². The fourth-order valence-electron chi connectivity index (χ4n) is 0.924. The molecule has 0 heterocycles. The van der Waals surface area contributed by atoms with Gasteiger partial charge in [0.25, 0.3) is 0 Å². The summed E-state index contributed by atoms with van der Waals surface area (Å²) in [6, 6.07) is 5.85. The highest BCUT2D eigenvalue weighted by molar-refractivity contribution is 9.11. The molecule has 0 aliphatic rings. The van der Waals surface area contributed by atoms with E-state index in [4.69, 9.17) is 10.5 Å². The van der Waals surface area contributed by atoms with Gasteiger partial charge in [-0.3, -0.25) is 0 Å². The smallest absolute Gasteiger partial charge is 0.133 e. The second-order valence-corrected chi connectivity index (χ2v) is 6.00. The molecule has 2 nitrogen and oxygen atoms in total. The molecule has 0 aliphatic carbocycles. The van der Waals surface area contributed by atoms with Crippen LogP contribution >= 0.6 is 31.9 Å². The highest BCUT2D eigenvalue weighted by atomic mass is 79.9. The van der Waals surface area contributed by atoms with Gasteiger partial charge in [0.15, 0.2) is 0 Å². The fourth-order valence-corrected chi connectivity index (χ4v) is 2.09. The summed E-state index contributed by atoms with van der Waals surface area (Å²) >= 11 is 6.85. The van der Waals surface area contributed by atoms with Gasteiger partial charge in [-0.05, 0) is 34.1 Å². The molecule has 0 amide bonds. The number of hydrogen-bond acceptors (Lipinski definition) is 2. The lowest BCUT2D eigenvalue weighted by Gasteiger charge is -2.22.